The van der Waals surface area contributed by atoms with E-state index in [4.69, 9.17) is 0 Å². The van der Waals surface area contributed by atoms with Gasteiger partial charge in [-0.15, -0.1) is 11.8 Å². The molecule has 0 radical (unpaired) electrons. The number of β-lactam (4-membered cyclic amide) rings is 1. The fourth-order valence-corrected chi connectivity index (χ4v) is 5.61. The summed E-state index contributed by atoms with van der Waals surface area (Å²) in [6.45, 7) is 3.98. The molecule has 0 aromatic rings. The monoisotopic (exact) mass is 390 g/mol. The number of hydrogen-bond acceptors (Lipinski definition) is 7. The maximum Gasteiger partial charge on any atom is 0.354 e. The number of aliphatic hydroxyl groups is 1. The number of carboxylic acids is 2. The molecule has 0 aromatic heterocycles. The van der Waals surface area contributed by atoms with Crippen LogP contribution in [0.1, 0.15) is 20.8 Å². The molecule has 2 aliphatic heterocycles. The van der Waals surface area contributed by atoms with Gasteiger partial charge in [-0.05, 0) is 13.8 Å². The van der Waals surface area contributed by atoms with E-state index < -0.39 is 46.7 Å². The van der Waals surface area contributed by atoms with Crippen LogP contribution in [0.25, 0.3) is 0 Å². The fourth-order valence-electron chi connectivity index (χ4n) is 2.60. The fraction of sp³-hybridized carbons (Fsp3) is 0.571. The summed E-state index contributed by atoms with van der Waals surface area (Å²) in [6, 6.07) is 0. The van der Waals surface area contributed by atoms with Crippen molar-refractivity contribution in [2.75, 3.05) is 5.75 Å². The summed E-state index contributed by atoms with van der Waals surface area (Å²) in [5.41, 5.74) is -1.80. The van der Waals surface area contributed by atoms with Crippen LogP contribution in [0.3, 0.4) is 0 Å². The zero-order chi connectivity index (χ0) is 19.1. The number of hydrogen-bond donors (Lipinski definition) is 4. The highest BCUT2D eigenvalue weighted by Crippen LogP contribution is 2.54. The molecule has 1 fully saturated rings. The lowest BCUT2D eigenvalue weighted by Crippen LogP contribution is -2.60. The van der Waals surface area contributed by atoms with E-state index in [0.717, 1.165) is 28.4 Å². The van der Waals surface area contributed by atoms with Crippen LogP contribution in [0, 0.1) is 5.92 Å². The smallest absolute Gasteiger partial charge is 0.354 e. The van der Waals surface area contributed by atoms with Crippen molar-refractivity contribution in [3.8, 4) is 0 Å². The Morgan fingerprint density at radius 1 is 1.40 bits per heavy atom. The van der Waals surface area contributed by atoms with Crippen LogP contribution in [0.4, 0.5) is 0 Å². The molecule has 11 heteroatoms. The number of carboxylic acid groups (broad SMARTS) is 2. The number of carbonyl (C=O) groups excluding carboxylic acids is 2. The standard InChI is InChI=1S/C14H18N2O7S2/c1-5(17)7-9(19)16-8(11(20)21)12(25-10(7)16)24-4-14(3,13(22)23)15-6(2)18/h5,7,10,17H,4H2,1-3H3,(H,15,18)(H,20,21)(H,22,23)/t5?,7-,10+,14-/m0/s1. The molecule has 2 amide bonds. The predicted octanol–water partition coefficient (Wildman–Crippen LogP) is -0.135. The van der Waals surface area contributed by atoms with Crippen LogP contribution >= 0.6 is 23.5 Å². The third-order valence-corrected chi connectivity index (χ3v) is 6.86. The lowest BCUT2D eigenvalue weighted by molar-refractivity contribution is -0.156. The van der Waals surface area contributed by atoms with E-state index in [0.29, 0.717) is 0 Å². The minimum Gasteiger partial charge on any atom is -0.479 e. The third-order valence-electron chi connectivity index (χ3n) is 3.88. The highest BCUT2D eigenvalue weighted by Gasteiger charge is 2.58. The van der Waals surface area contributed by atoms with Crippen LogP contribution in [-0.4, -0.2) is 66.7 Å². The number of aliphatic hydroxyl groups excluding tert-OH is 1. The van der Waals surface area contributed by atoms with Gasteiger partial charge in [-0.2, -0.15) is 0 Å². The molecule has 0 aliphatic carbocycles. The molecule has 2 rings (SSSR count). The molecule has 1 unspecified atom stereocenters. The van der Waals surface area contributed by atoms with Gasteiger partial charge < -0.3 is 20.6 Å². The molecular formula is C14H18N2O7S2. The SMILES string of the molecule is CC(=O)N[C@@](C)(CSC1=C(C(=O)O)N2C(=O)[C@H](C(C)O)[C@H]2S1)C(=O)O. The number of amides is 2. The Morgan fingerprint density at radius 3 is 2.44 bits per heavy atom. The van der Waals surface area contributed by atoms with Crippen molar-refractivity contribution in [2.24, 2.45) is 5.92 Å². The first-order valence-electron chi connectivity index (χ1n) is 7.30. The van der Waals surface area contributed by atoms with Gasteiger partial charge in [0.15, 0.2) is 5.70 Å². The summed E-state index contributed by atoms with van der Waals surface area (Å²) in [6.07, 6.45) is -0.913. The number of thioether (sulfide) groups is 2. The molecular weight excluding hydrogens is 372 g/mol. The maximum atomic E-state index is 12.1. The van der Waals surface area contributed by atoms with Crippen LogP contribution in [0.2, 0.25) is 0 Å². The zero-order valence-electron chi connectivity index (χ0n) is 13.7. The van der Waals surface area contributed by atoms with Gasteiger partial charge in [0.25, 0.3) is 0 Å². The molecule has 2 heterocycles. The molecule has 0 bridgehead atoms. The van der Waals surface area contributed by atoms with Gasteiger partial charge in [0.05, 0.1) is 16.3 Å². The Balaban J connectivity index is 2.21. The molecule has 1 saturated heterocycles. The molecule has 0 saturated carbocycles. The van der Waals surface area contributed by atoms with E-state index in [-0.39, 0.29) is 15.7 Å². The molecule has 25 heavy (non-hydrogen) atoms. The van der Waals surface area contributed by atoms with Crippen LogP contribution in [0.15, 0.2) is 9.93 Å². The first-order valence-corrected chi connectivity index (χ1v) is 9.16. The van der Waals surface area contributed by atoms with E-state index in [9.17, 15) is 34.5 Å². The summed E-state index contributed by atoms with van der Waals surface area (Å²) in [7, 11) is 0. The van der Waals surface area contributed by atoms with Crippen molar-refractivity contribution in [3.05, 3.63) is 9.93 Å². The van der Waals surface area contributed by atoms with E-state index >= 15 is 0 Å². The lowest BCUT2D eigenvalue weighted by Gasteiger charge is -2.43. The van der Waals surface area contributed by atoms with Gasteiger partial charge >= 0.3 is 11.9 Å². The number of fused-ring (bicyclic) bond motifs is 1. The zero-order valence-corrected chi connectivity index (χ0v) is 15.3. The molecule has 4 atom stereocenters. The lowest BCUT2D eigenvalue weighted by atomic mass is 9.92. The number of rotatable bonds is 7. The Bertz CT molecular complexity index is 678. The van der Waals surface area contributed by atoms with E-state index in [1.165, 1.54) is 20.8 Å². The first-order chi connectivity index (χ1) is 11.5. The summed E-state index contributed by atoms with van der Waals surface area (Å²) in [5, 5.41) is 30.2. The number of nitrogens with zero attached hydrogens (tertiary/aromatic N) is 1. The van der Waals surface area contributed by atoms with Crippen molar-refractivity contribution < 1.29 is 34.5 Å². The van der Waals surface area contributed by atoms with E-state index in [1.807, 2.05) is 0 Å². The summed E-state index contributed by atoms with van der Waals surface area (Å²) < 4.78 is 0.284. The first kappa shape index (κ1) is 19.6. The van der Waals surface area contributed by atoms with Gasteiger partial charge in [-0.1, -0.05) is 11.8 Å². The minimum absolute atomic E-state index is 0.116. The van der Waals surface area contributed by atoms with Gasteiger partial charge in [-0.25, -0.2) is 9.59 Å². The van der Waals surface area contributed by atoms with Crippen LogP contribution in [0.5, 0.6) is 0 Å². The second kappa shape index (κ2) is 6.89. The Morgan fingerprint density at radius 2 is 2.00 bits per heavy atom. The normalized spacial score (nSPS) is 25.8. The van der Waals surface area contributed by atoms with Gasteiger partial charge in [0, 0.05) is 12.7 Å². The molecule has 2 aliphatic rings. The minimum atomic E-state index is -1.58. The molecule has 0 spiro atoms. The summed E-state index contributed by atoms with van der Waals surface area (Å²) in [5.74, 6) is -4.36. The Hall–Kier alpha value is -1.72. The van der Waals surface area contributed by atoms with Crippen molar-refractivity contribution >= 4 is 47.3 Å². The summed E-state index contributed by atoms with van der Waals surface area (Å²) in [4.78, 5) is 47.4. The molecule has 0 aromatic carbocycles. The number of aliphatic carboxylic acids is 2. The van der Waals surface area contributed by atoms with Gasteiger partial charge in [0.2, 0.25) is 11.8 Å². The molecule has 9 nitrogen and oxygen atoms in total. The second-order valence-corrected chi connectivity index (χ2v) is 8.40. The number of nitrogens with one attached hydrogen (secondary N) is 1. The predicted molar refractivity (Wildman–Crippen MR) is 90.4 cm³/mol. The van der Waals surface area contributed by atoms with Crippen molar-refractivity contribution in [1.82, 2.24) is 10.2 Å². The summed E-state index contributed by atoms with van der Waals surface area (Å²) >= 11 is 2.06. The quantitative estimate of drug-likeness (QED) is 0.437. The van der Waals surface area contributed by atoms with Crippen LogP contribution in [-0.2, 0) is 19.2 Å². The third kappa shape index (κ3) is 3.48. The average Bonchev–Trinajstić information content (AvgIpc) is 2.78. The van der Waals surface area contributed by atoms with Crippen molar-refractivity contribution in [3.63, 3.8) is 0 Å². The van der Waals surface area contributed by atoms with Crippen molar-refractivity contribution in [1.29, 1.82) is 0 Å². The second-order valence-electron chi connectivity index (χ2n) is 6.03. The van der Waals surface area contributed by atoms with Gasteiger partial charge in [0.1, 0.15) is 10.9 Å². The van der Waals surface area contributed by atoms with E-state index in [1.54, 1.807) is 0 Å². The highest BCUT2D eigenvalue weighted by molar-refractivity contribution is 8.22. The maximum absolute atomic E-state index is 12.1. The average molecular weight is 390 g/mol. The Kier molecular flexibility index (Phi) is 5.40. The largest absolute Gasteiger partial charge is 0.479 e. The highest BCUT2D eigenvalue weighted by atomic mass is 32.2. The van der Waals surface area contributed by atoms with E-state index in [2.05, 4.69) is 5.32 Å². The Labute approximate surface area is 151 Å². The van der Waals surface area contributed by atoms with Crippen LogP contribution < -0.4 is 5.32 Å². The molecule has 138 valence electrons. The van der Waals surface area contributed by atoms with Gasteiger partial charge in [-0.3, -0.25) is 14.5 Å². The van der Waals surface area contributed by atoms with Crippen molar-refractivity contribution in [2.45, 2.75) is 37.8 Å². The number of carbonyl (C=O) groups is 4. The molecule has 4 N–H and O–H groups in total. The topological polar surface area (TPSA) is 144 Å².